The average molecular weight is 419 g/mol. The van der Waals surface area contributed by atoms with Gasteiger partial charge in [-0.25, -0.2) is 4.39 Å². The number of rotatable bonds is 6. The fourth-order valence-corrected chi connectivity index (χ4v) is 3.67. The summed E-state index contributed by atoms with van der Waals surface area (Å²) in [6.45, 7) is 3.84. The van der Waals surface area contributed by atoms with Gasteiger partial charge in [0.25, 0.3) is 0 Å². The Hall–Kier alpha value is -2.38. The Balaban J connectivity index is 1.67. The first-order valence-electron chi connectivity index (χ1n) is 8.67. The molecule has 8 heteroatoms. The second-order valence-electron chi connectivity index (χ2n) is 6.44. The summed E-state index contributed by atoms with van der Waals surface area (Å²) in [5, 5.41) is 9.33. The zero-order valence-corrected chi connectivity index (χ0v) is 17.3. The van der Waals surface area contributed by atoms with E-state index in [2.05, 4.69) is 10.2 Å². The van der Waals surface area contributed by atoms with E-state index in [4.69, 9.17) is 11.6 Å². The van der Waals surface area contributed by atoms with Crippen LogP contribution >= 0.6 is 23.4 Å². The van der Waals surface area contributed by atoms with Crippen LogP contribution in [0.3, 0.4) is 0 Å². The molecule has 28 heavy (non-hydrogen) atoms. The van der Waals surface area contributed by atoms with Crippen LogP contribution < -0.4 is 0 Å². The normalized spacial score (nSPS) is 12.0. The van der Waals surface area contributed by atoms with E-state index in [-0.39, 0.29) is 23.5 Å². The number of aromatic nitrogens is 3. The van der Waals surface area contributed by atoms with Gasteiger partial charge >= 0.3 is 0 Å². The van der Waals surface area contributed by atoms with Crippen molar-refractivity contribution < 1.29 is 9.18 Å². The number of hydrogen-bond donors (Lipinski definition) is 0. The van der Waals surface area contributed by atoms with Gasteiger partial charge in [-0.05, 0) is 49.2 Å². The summed E-state index contributed by atoms with van der Waals surface area (Å²) in [4.78, 5) is 14.3. The first kappa shape index (κ1) is 20.4. The Kier molecular flexibility index (Phi) is 6.36. The molecule has 1 aromatic heterocycles. The van der Waals surface area contributed by atoms with Gasteiger partial charge in [0.05, 0.1) is 17.5 Å². The molecular weight excluding hydrogens is 399 g/mol. The van der Waals surface area contributed by atoms with Crippen molar-refractivity contribution in [1.82, 2.24) is 19.7 Å². The van der Waals surface area contributed by atoms with Crippen LogP contribution in [0.5, 0.6) is 0 Å². The standard InChI is InChI=1S/C20H20ClFN4OS/c1-13-4-9-17(10-18(13)21)26-12-23-24-20(26)28-11-19(27)25(3)14(2)15-5-7-16(22)8-6-15/h4-10,12,14H,11H2,1-3H3. The summed E-state index contributed by atoms with van der Waals surface area (Å²) in [5.41, 5.74) is 2.70. The smallest absolute Gasteiger partial charge is 0.233 e. The highest BCUT2D eigenvalue weighted by atomic mass is 35.5. The van der Waals surface area contributed by atoms with Gasteiger partial charge in [0.2, 0.25) is 5.91 Å². The van der Waals surface area contributed by atoms with Crippen LogP contribution in [-0.2, 0) is 4.79 Å². The molecular formula is C20H20ClFN4OS. The lowest BCUT2D eigenvalue weighted by Crippen LogP contribution is -2.31. The molecule has 146 valence electrons. The number of halogens is 2. The molecule has 0 saturated carbocycles. The Morgan fingerprint density at radius 2 is 2.00 bits per heavy atom. The van der Waals surface area contributed by atoms with Gasteiger partial charge < -0.3 is 4.90 Å². The molecule has 3 rings (SSSR count). The molecule has 1 atom stereocenters. The molecule has 0 fully saturated rings. The van der Waals surface area contributed by atoms with Gasteiger partial charge in [0, 0.05) is 12.1 Å². The maximum atomic E-state index is 13.1. The first-order chi connectivity index (χ1) is 13.4. The van der Waals surface area contributed by atoms with Crippen molar-refractivity contribution in [3.05, 3.63) is 70.8 Å². The van der Waals surface area contributed by atoms with E-state index in [9.17, 15) is 9.18 Å². The Labute approximate surface area is 172 Å². The SMILES string of the molecule is Cc1ccc(-n2cnnc2SCC(=O)N(C)C(C)c2ccc(F)cc2)cc1Cl. The summed E-state index contributed by atoms with van der Waals surface area (Å²) >= 11 is 7.51. The molecule has 1 heterocycles. The average Bonchev–Trinajstić information content (AvgIpc) is 3.16. The lowest BCUT2D eigenvalue weighted by molar-refractivity contribution is -0.128. The van der Waals surface area contributed by atoms with Crippen LogP contribution in [0.25, 0.3) is 5.69 Å². The van der Waals surface area contributed by atoms with Gasteiger partial charge in [0.15, 0.2) is 5.16 Å². The number of carbonyl (C=O) groups is 1. The third-order valence-electron chi connectivity index (χ3n) is 4.60. The molecule has 0 bridgehead atoms. The minimum Gasteiger partial charge on any atom is -0.338 e. The summed E-state index contributed by atoms with van der Waals surface area (Å²) in [5.74, 6) is -0.144. The second-order valence-corrected chi connectivity index (χ2v) is 7.79. The molecule has 2 aromatic carbocycles. The highest BCUT2D eigenvalue weighted by Gasteiger charge is 2.19. The fourth-order valence-electron chi connectivity index (χ4n) is 2.64. The molecule has 0 N–H and O–H groups in total. The maximum absolute atomic E-state index is 13.1. The quantitative estimate of drug-likeness (QED) is 0.545. The molecule has 0 saturated heterocycles. The molecule has 3 aromatic rings. The van der Waals surface area contributed by atoms with Crippen LogP contribution in [0.2, 0.25) is 5.02 Å². The number of thioether (sulfide) groups is 1. The minimum atomic E-state index is -0.295. The lowest BCUT2D eigenvalue weighted by atomic mass is 10.1. The van der Waals surface area contributed by atoms with Crippen molar-refractivity contribution in [2.75, 3.05) is 12.8 Å². The zero-order chi connectivity index (χ0) is 20.3. The van der Waals surface area contributed by atoms with Crippen molar-refractivity contribution in [1.29, 1.82) is 0 Å². The fraction of sp³-hybridized carbons (Fsp3) is 0.250. The minimum absolute atomic E-state index is 0.0571. The van der Waals surface area contributed by atoms with Gasteiger partial charge in [-0.1, -0.05) is 41.6 Å². The topological polar surface area (TPSA) is 51.0 Å². The van der Waals surface area contributed by atoms with Crippen LogP contribution in [0.15, 0.2) is 53.9 Å². The summed E-state index contributed by atoms with van der Waals surface area (Å²) in [7, 11) is 1.74. The summed E-state index contributed by atoms with van der Waals surface area (Å²) in [6, 6.07) is 11.7. The van der Waals surface area contributed by atoms with E-state index in [1.165, 1.54) is 23.9 Å². The van der Waals surface area contributed by atoms with Gasteiger partial charge in [-0.2, -0.15) is 0 Å². The number of aryl methyl sites for hydroxylation is 1. The predicted molar refractivity (Wildman–Crippen MR) is 109 cm³/mol. The Morgan fingerprint density at radius 3 is 2.68 bits per heavy atom. The van der Waals surface area contributed by atoms with Gasteiger partial charge in [-0.3, -0.25) is 9.36 Å². The van der Waals surface area contributed by atoms with E-state index in [1.807, 2.05) is 32.0 Å². The molecule has 1 unspecified atom stereocenters. The monoisotopic (exact) mass is 418 g/mol. The largest absolute Gasteiger partial charge is 0.338 e. The van der Waals surface area contributed by atoms with Crippen LogP contribution in [0.1, 0.15) is 24.1 Å². The van der Waals surface area contributed by atoms with E-state index in [1.54, 1.807) is 35.0 Å². The highest BCUT2D eigenvalue weighted by molar-refractivity contribution is 7.99. The van der Waals surface area contributed by atoms with Gasteiger partial charge in [0.1, 0.15) is 12.1 Å². The van der Waals surface area contributed by atoms with Crippen molar-refractivity contribution in [2.24, 2.45) is 0 Å². The highest BCUT2D eigenvalue weighted by Crippen LogP contribution is 2.25. The van der Waals surface area contributed by atoms with E-state index >= 15 is 0 Å². The third kappa shape index (κ3) is 4.54. The number of nitrogens with zero attached hydrogens (tertiary/aromatic N) is 4. The van der Waals surface area contributed by atoms with E-state index in [0.717, 1.165) is 16.8 Å². The van der Waals surface area contributed by atoms with Gasteiger partial charge in [-0.15, -0.1) is 10.2 Å². The van der Waals surface area contributed by atoms with Crippen molar-refractivity contribution in [3.63, 3.8) is 0 Å². The number of hydrogen-bond acceptors (Lipinski definition) is 4. The Morgan fingerprint density at radius 1 is 1.29 bits per heavy atom. The van der Waals surface area contributed by atoms with E-state index < -0.39 is 0 Å². The Bertz CT molecular complexity index is 977. The van der Waals surface area contributed by atoms with Crippen molar-refractivity contribution >= 4 is 29.3 Å². The molecule has 0 radical (unpaired) electrons. The molecule has 0 aliphatic heterocycles. The second kappa shape index (κ2) is 8.75. The van der Waals surface area contributed by atoms with Crippen LogP contribution in [0.4, 0.5) is 4.39 Å². The van der Waals surface area contributed by atoms with E-state index in [0.29, 0.717) is 10.2 Å². The molecule has 5 nitrogen and oxygen atoms in total. The molecule has 0 aliphatic carbocycles. The number of benzene rings is 2. The van der Waals surface area contributed by atoms with Crippen molar-refractivity contribution in [3.8, 4) is 5.69 Å². The predicted octanol–water partition coefficient (Wildman–Crippen LogP) is 4.68. The van der Waals surface area contributed by atoms with Crippen LogP contribution in [-0.4, -0.2) is 38.4 Å². The molecule has 0 aliphatic rings. The number of amides is 1. The first-order valence-corrected chi connectivity index (χ1v) is 10.0. The molecule has 1 amide bonds. The maximum Gasteiger partial charge on any atom is 0.233 e. The van der Waals surface area contributed by atoms with Crippen LogP contribution in [0, 0.1) is 12.7 Å². The number of carbonyl (C=O) groups excluding carboxylic acids is 1. The summed E-state index contributed by atoms with van der Waals surface area (Å²) < 4.78 is 14.9. The zero-order valence-electron chi connectivity index (χ0n) is 15.8. The third-order valence-corrected chi connectivity index (χ3v) is 5.94. The van der Waals surface area contributed by atoms with Crippen molar-refractivity contribution in [2.45, 2.75) is 25.0 Å². The molecule has 0 spiro atoms. The lowest BCUT2D eigenvalue weighted by Gasteiger charge is -2.25. The summed E-state index contributed by atoms with van der Waals surface area (Å²) in [6.07, 6.45) is 1.60.